The van der Waals surface area contributed by atoms with Crippen LogP contribution in [-0.2, 0) is 11.3 Å². The Labute approximate surface area is 165 Å². The van der Waals surface area contributed by atoms with Gasteiger partial charge in [-0.05, 0) is 50.2 Å². The van der Waals surface area contributed by atoms with Crippen LogP contribution in [0.2, 0.25) is 0 Å². The van der Waals surface area contributed by atoms with Gasteiger partial charge in [0.15, 0.2) is 0 Å². The second kappa shape index (κ2) is 7.50. The lowest BCUT2D eigenvalue weighted by Gasteiger charge is -2.18. The summed E-state index contributed by atoms with van der Waals surface area (Å²) in [7, 11) is 0. The largest absolute Gasteiger partial charge is 0.494 e. The summed E-state index contributed by atoms with van der Waals surface area (Å²) >= 11 is 0. The molecule has 4 rings (SSSR count). The number of aromatic nitrogens is 2. The van der Waals surface area contributed by atoms with Crippen LogP contribution in [-0.4, -0.2) is 28.6 Å². The number of amides is 1. The monoisotopic (exact) mass is 375 g/mol. The molecule has 0 radical (unpaired) electrons. The molecule has 0 unspecified atom stereocenters. The van der Waals surface area contributed by atoms with Gasteiger partial charge in [0.1, 0.15) is 11.6 Å². The average Bonchev–Trinajstić information content (AvgIpc) is 3.23. The molecule has 1 aromatic heterocycles. The number of ether oxygens (including phenoxy) is 1. The van der Waals surface area contributed by atoms with Crippen molar-refractivity contribution in [2.24, 2.45) is 0 Å². The van der Waals surface area contributed by atoms with Crippen LogP contribution in [0.1, 0.15) is 32.0 Å². The fourth-order valence-electron chi connectivity index (χ4n) is 3.86. The molecular formula is C23H25N3O2. The van der Waals surface area contributed by atoms with E-state index < -0.39 is 0 Å². The van der Waals surface area contributed by atoms with Crippen LogP contribution in [0, 0.1) is 0 Å². The zero-order valence-electron chi connectivity index (χ0n) is 16.4. The molecule has 0 spiro atoms. The maximum absolute atomic E-state index is 12.8. The number of hydrogen-bond acceptors (Lipinski definition) is 3. The predicted molar refractivity (Wildman–Crippen MR) is 112 cm³/mol. The molecule has 144 valence electrons. The molecule has 1 amide bonds. The van der Waals surface area contributed by atoms with Gasteiger partial charge in [-0.3, -0.25) is 4.79 Å². The third-order valence-electron chi connectivity index (χ3n) is 5.06. The summed E-state index contributed by atoms with van der Waals surface area (Å²) in [5, 5.41) is 0. The van der Waals surface area contributed by atoms with Gasteiger partial charge in [-0.25, -0.2) is 4.98 Å². The van der Waals surface area contributed by atoms with Crippen molar-refractivity contribution in [3.8, 4) is 5.75 Å². The molecule has 1 aliphatic heterocycles. The van der Waals surface area contributed by atoms with E-state index in [2.05, 4.69) is 17.2 Å². The summed E-state index contributed by atoms with van der Waals surface area (Å²) in [6.45, 7) is 10.0. The quantitative estimate of drug-likeness (QED) is 0.595. The number of hydrogen-bond donors (Lipinski definition) is 0. The molecule has 0 saturated carbocycles. The van der Waals surface area contributed by atoms with Gasteiger partial charge >= 0.3 is 0 Å². The number of rotatable bonds is 6. The first kappa shape index (κ1) is 18.3. The maximum Gasteiger partial charge on any atom is 0.227 e. The molecule has 0 bridgehead atoms. The summed E-state index contributed by atoms with van der Waals surface area (Å²) in [5.74, 6) is 1.97. The van der Waals surface area contributed by atoms with Gasteiger partial charge in [0.2, 0.25) is 5.91 Å². The highest BCUT2D eigenvalue weighted by Gasteiger charge is 2.34. The third-order valence-corrected chi connectivity index (χ3v) is 5.06. The van der Waals surface area contributed by atoms with Gasteiger partial charge in [-0.2, -0.15) is 0 Å². The minimum Gasteiger partial charge on any atom is -0.494 e. The van der Waals surface area contributed by atoms with Gasteiger partial charge in [0.05, 0.1) is 17.6 Å². The van der Waals surface area contributed by atoms with Crippen molar-refractivity contribution in [3.05, 3.63) is 66.5 Å². The minimum absolute atomic E-state index is 0.0609. The summed E-state index contributed by atoms with van der Waals surface area (Å²) in [4.78, 5) is 19.5. The minimum atomic E-state index is 0.0609. The van der Waals surface area contributed by atoms with Crippen molar-refractivity contribution in [2.45, 2.75) is 32.7 Å². The molecule has 1 fully saturated rings. The number of carbonyl (C=O) groups excluding carboxylic acids is 1. The fourth-order valence-corrected chi connectivity index (χ4v) is 3.86. The van der Waals surface area contributed by atoms with E-state index in [9.17, 15) is 4.79 Å². The molecule has 2 heterocycles. The van der Waals surface area contributed by atoms with Crippen LogP contribution in [0.15, 0.2) is 60.7 Å². The van der Waals surface area contributed by atoms with Crippen molar-refractivity contribution >= 4 is 22.6 Å². The summed E-state index contributed by atoms with van der Waals surface area (Å²) in [5.41, 5.74) is 4.02. The molecule has 1 atom stereocenters. The van der Waals surface area contributed by atoms with E-state index in [1.807, 2.05) is 61.2 Å². The Morgan fingerprint density at radius 2 is 1.96 bits per heavy atom. The fraction of sp³-hybridized carbons (Fsp3) is 0.304. The predicted octanol–water partition coefficient (Wildman–Crippen LogP) is 4.53. The summed E-state index contributed by atoms with van der Waals surface area (Å²) in [6.07, 6.45) is 0.465. The van der Waals surface area contributed by atoms with Gasteiger partial charge in [0.25, 0.3) is 0 Å². The molecule has 0 N–H and O–H groups in total. The highest BCUT2D eigenvalue weighted by Crippen LogP contribution is 2.34. The van der Waals surface area contributed by atoms with Gasteiger partial charge in [0, 0.05) is 31.1 Å². The molecule has 1 aliphatic rings. The van der Waals surface area contributed by atoms with E-state index >= 15 is 0 Å². The van der Waals surface area contributed by atoms with E-state index in [0.29, 0.717) is 26.1 Å². The van der Waals surface area contributed by atoms with E-state index in [-0.39, 0.29) is 11.8 Å². The SMILES string of the molecule is C=C(C)Cn1c([C@@H]2CC(=O)N(c3ccc(OCC)cc3)C2)nc2ccccc21. The standard InChI is InChI=1S/C23H25N3O2/c1-4-28-19-11-9-18(10-12-19)25-15-17(13-22(25)27)23-24-20-7-5-6-8-21(20)26(23)14-16(2)3/h5-12,17H,2,4,13-15H2,1,3H3/t17-/m1/s1. The number of fused-ring (bicyclic) bond motifs is 1. The smallest absolute Gasteiger partial charge is 0.227 e. The lowest BCUT2D eigenvalue weighted by molar-refractivity contribution is -0.117. The third kappa shape index (κ3) is 3.40. The van der Waals surface area contributed by atoms with E-state index in [0.717, 1.165) is 33.9 Å². The Morgan fingerprint density at radius 3 is 2.68 bits per heavy atom. The summed E-state index contributed by atoms with van der Waals surface area (Å²) < 4.78 is 7.71. The Kier molecular flexibility index (Phi) is 4.90. The first-order chi connectivity index (χ1) is 13.6. The van der Waals surface area contributed by atoms with E-state index in [1.165, 1.54) is 0 Å². The van der Waals surface area contributed by atoms with Crippen LogP contribution in [0.5, 0.6) is 5.75 Å². The molecule has 1 saturated heterocycles. The molecule has 2 aromatic carbocycles. The van der Waals surface area contributed by atoms with Crippen molar-refractivity contribution < 1.29 is 9.53 Å². The van der Waals surface area contributed by atoms with E-state index in [4.69, 9.17) is 9.72 Å². The van der Waals surface area contributed by atoms with Crippen LogP contribution >= 0.6 is 0 Å². The van der Waals surface area contributed by atoms with Gasteiger partial charge < -0.3 is 14.2 Å². The Bertz CT molecular complexity index is 1020. The van der Waals surface area contributed by atoms with Gasteiger partial charge in [-0.1, -0.05) is 24.3 Å². The van der Waals surface area contributed by atoms with Crippen LogP contribution < -0.4 is 9.64 Å². The average molecular weight is 375 g/mol. The molecule has 28 heavy (non-hydrogen) atoms. The maximum atomic E-state index is 12.8. The molecular weight excluding hydrogens is 350 g/mol. The first-order valence-electron chi connectivity index (χ1n) is 9.69. The number of imidazole rings is 1. The molecule has 3 aromatic rings. The second-order valence-electron chi connectivity index (χ2n) is 7.33. The normalized spacial score (nSPS) is 16.7. The zero-order valence-corrected chi connectivity index (χ0v) is 16.4. The van der Waals surface area contributed by atoms with Crippen molar-refractivity contribution in [2.75, 3.05) is 18.1 Å². The number of para-hydroxylation sites is 2. The Morgan fingerprint density at radius 1 is 1.21 bits per heavy atom. The Hall–Kier alpha value is -3.08. The highest BCUT2D eigenvalue weighted by molar-refractivity contribution is 5.96. The van der Waals surface area contributed by atoms with Gasteiger partial charge in [-0.15, -0.1) is 0 Å². The summed E-state index contributed by atoms with van der Waals surface area (Å²) in [6, 6.07) is 15.8. The van der Waals surface area contributed by atoms with E-state index in [1.54, 1.807) is 0 Å². The number of anilines is 1. The second-order valence-corrected chi connectivity index (χ2v) is 7.33. The van der Waals surface area contributed by atoms with Crippen molar-refractivity contribution in [3.63, 3.8) is 0 Å². The molecule has 0 aliphatic carbocycles. The number of allylic oxidation sites excluding steroid dienone is 1. The van der Waals surface area contributed by atoms with Crippen molar-refractivity contribution in [1.29, 1.82) is 0 Å². The van der Waals surface area contributed by atoms with Crippen molar-refractivity contribution in [1.82, 2.24) is 9.55 Å². The lowest BCUT2D eigenvalue weighted by atomic mass is 10.1. The molecule has 5 nitrogen and oxygen atoms in total. The number of carbonyl (C=O) groups is 1. The number of nitrogens with zero attached hydrogens (tertiary/aromatic N) is 3. The first-order valence-corrected chi connectivity index (χ1v) is 9.69. The zero-order chi connectivity index (χ0) is 19.7. The topological polar surface area (TPSA) is 47.4 Å². The Balaban J connectivity index is 1.64. The molecule has 5 heteroatoms. The van der Waals surface area contributed by atoms with Crippen LogP contribution in [0.4, 0.5) is 5.69 Å². The highest BCUT2D eigenvalue weighted by atomic mass is 16.5. The van der Waals surface area contributed by atoms with Crippen LogP contribution in [0.25, 0.3) is 11.0 Å². The van der Waals surface area contributed by atoms with Crippen LogP contribution in [0.3, 0.4) is 0 Å². The number of benzene rings is 2. The lowest BCUT2D eigenvalue weighted by Crippen LogP contribution is -2.24.